The molecule has 2 fully saturated rings. The molecule has 170 valence electrons. The van der Waals surface area contributed by atoms with Crippen LogP contribution in [0.5, 0.6) is 0 Å². The van der Waals surface area contributed by atoms with Crippen LogP contribution in [0.2, 0.25) is 0 Å². The van der Waals surface area contributed by atoms with Crippen molar-refractivity contribution in [1.29, 1.82) is 0 Å². The first-order valence-corrected chi connectivity index (χ1v) is 11.9. The van der Waals surface area contributed by atoms with Gasteiger partial charge in [-0.2, -0.15) is 0 Å². The van der Waals surface area contributed by atoms with Gasteiger partial charge >= 0.3 is 0 Å². The molecule has 2 heterocycles. The second-order valence-electron chi connectivity index (χ2n) is 9.42. The van der Waals surface area contributed by atoms with Gasteiger partial charge in [0.05, 0.1) is 11.6 Å². The highest BCUT2D eigenvalue weighted by atomic mass is 16.3. The van der Waals surface area contributed by atoms with Gasteiger partial charge < -0.3 is 14.6 Å². The van der Waals surface area contributed by atoms with Crippen molar-refractivity contribution in [2.24, 2.45) is 7.05 Å². The van der Waals surface area contributed by atoms with Crippen molar-refractivity contribution in [1.82, 2.24) is 9.47 Å². The Morgan fingerprint density at radius 3 is 2.41 bits per heavy atom. The Morgan fingerprint density at radius 2 is 1.62 bits per heavy atom. The molecule has 5 nitrogen and oxygen atoms in total. The van der Waals surface area contributed by atoms with Crippen LogP contribution in [-0.2, 0) is 16.6 Å². The lowest BCUT2D eigenvalue weighted by atomic mass is 9.93. The first-order valence-electron chi connectivity index (χ1n) is 11.9. The van der Waals surface area contributed by atoms with E-state index >= 15 is 0 Å². The van der Waals surface area contributed by atoms with Gasteiger partial charge in [0, 0.05) is 41.3 Å². The van der Waals surface area contributed by atoms with E-state index in [-0.39, 0.29) is 17.4 Å². The molecule has 2 aliphatic rings. The number of aryl methyl sites for hydroxylation is 1. The van der Waals surface area contributed by atoms with E-state index in [1.54, 1.807) is 4.90 Å². The van der Waals surface area contributed by atoms with Crippen molar-refractivity contribution in [3.8, 4) is 0 Å². The maximum Gasteiger partial charge on any atom is 0.295 e. The summed E-state index contributed by atoms with van der Waals surface area (Å²) in [6.45, 7) is 0. The Hall–Kier alpha value is -3.86. The third-order valence-corrected chi connectivity index (χ3v) is 7.44. The number of benzene rings is 3. The number of likely N-dealkylation sites (tertiary alicyclic amines) is 1. The molecule has 4 aromatic rings. The maximum absolute atomic E-state index is 13.5. The van der Waals surface area contributed by atoms with Gasteiger partial charge in [-0.15, -0.1) is 0 Å². The number of carbonyl (C=O) groups is 2. The minimum atomic E-state index is -0.610. The van der Waals surface area contributed by atoms with E-state index in [1.165, 1.54) is 0 Å². The number of hydrogen-bond acceptors (Lipinski definition) is 3. The summed E-state index contributed by atoms with van der Waals surface area (Å²) >= 11 is 0. The molecule has 5 heteroatoms. The Labute approximate surface area is 197 Å². The average molecular weight is 451 g/mol. The standard InChI is InChI=1S/C29H26N2O3/c1-30-17-23(22-12-6-7-13-24(22)30)26-25(28(33)29(34)31(26)21-10-4-5-11-21)27(32)20-15-14-18-8-2-3-9-19(18)16-20/h2-3,6-9,12-17,21,26,32H,4-5,10-11H2,1H3/b27-25+. The zero-order chi connectivity index (χ0) is 23.4. The molecule has 0 radical (unpaired) electrons. The number of amides is 1. The van der Waals surface area contributed by atoms with Gasteiger partial charge in [0.2, 0.25) is 0 Å². The Balaban J connectivity index is 1.59. The quantitative estimate of drug-likeness (QED) is 0.248. The second kappa shape index (κ2) is 7.87. The van der Waals surface area contributed by atoms with Crippen LogP contribution in [-0.4, -0.2) is 32.3 Å². The SMILES string of the molecule is Cn1cc(C2/C(=C(\O)c3ccc4ccccc4c3)C(=O)C(=O)N2C2CCCC2)c2ccccc21. The summed E-state index contributed by atoms with van der Waals surface area (Å²) in [7, 11) is 1.97. The summed E-state index contributed by atoms with van der Waals surface area (Å²) in [5, 5.41) is 14.5. The van der Waals surface area contributed by atoms with Crippen molar-refractivity contribution in [3.63, 3.8) is 0 Å². The monoisotopic (exact) mass is 450 g/mol. The van der Waals surface area contributed by atoms with Crippen LogP contribution in [0, 0.1) is 0 Å². The van der Waals surface area contributed by atoms with E-state index in [4.69, 9.17) is 0 Å². The van der Waals surface area contributed by atoms with E-state index in [0.29, 0.717) is 5.56 Å². The molecule has 0 spiro atoms. The second-order valence-corrected chi connectivity index (χ2v) is 9.42. The predicted octanol–water partition coefficient (Wildman–Crippen LogP) is 5.70. The van der Waals surface area contributed by atoms with Gasteiger partial charge in [-0.3, -0.25) is 9.59 Å². The molecule has 6 rings (SSSR count). The molecule has 1 aliphatic carbocycles. The minimum absolute atomic E-state index is 0.00215. The Kier molecular flexibility index (Phi) is 4.80. The first kappa shape index (κ1) is 20.7. The Bertz CT molecular complexity index is 1490. The number of nitrogens with zero attached hydrogens (tertiary/aromatic N) is 2. The summed E-state index contributed by atoms with van der Waals surface area (Å²) in [5.74, 6) is -1.22. The normalized spacial score (nSPS) is 20.7. The molecule has 1 saturated carbocycles. The van der Waals surface area contributed by atoms with Crippen LogP contribution in [0.25, 0.3) is 27.4 Å². The molecule has 1 saturated heterocycles. The van der Waals surface area contributed by atoms with Crippen molar-refractivity contribution in [3.05, 3.63) is 89.6 Å². The van der Waals surface area contributed by atoms with Gasteiger partial charge in [0.1, 0.15) is 5.76 Å². The number of carbonyl (C=O) groups excluding carboxylic acids is 2. The molecule has 1 aliphatic heterocycles. The number of fused-ring (bicyclic) bond motifs is 2. The first-order chi connectivity index (χ1) is 16.5. The highest BCUT2D eigenvalue weighted by Gasteiger charge is 2.50. The number of hydrogen-bond donors (Lipinski definition) is 1. The fourth-order valence-corrected chi connectivity index (χ4v) is 5.80. The van der Waals surface area contributed by atoms with Gasteiger partial charge in [0.25, 0.3) is 11.7 Å². The van der Waals surface area contributed by atoms with Crippen LogP contribution >= 0.6 is 0 Å². The number of Topliss-reactive ketones (excluding diaryl/α,β-unsaturated/α-hetero) is 1. The fraction of sp³-hybridized carbons (Fsp3) is 0.241. The van der Waals surface area contributed by atoms with Crippen LogP contribution in [0.1, 0.15) is 42.9 Å². The Morgan fingerprint density at radius 1 is 0.912 bits per heavy atom. The summed E-state index contributed by atoms with van der Waals surface area (Å²) in [6, 6.07) is 20.9. The number of rotatable bonds is 3. The van der Waals surface area contributed by atoms with Gasteiger partial charge in [-0.25, -0.2) is 0 Å². The highest BCUT2D eigenvalue weighted by molar-refractivity contribution is 6.46. The number of aliphatic hydroxyl groups excluding tert-OH is 1. The van der Waals surface area contributed by atoms with Crippen molar-refractivity contribution in [2.75, 3.05) is 0 Å². The maximum atomic E-state index is 13.5. The number of para-hydroxylation sites is 1. The van der Waals surface area contributed by atoms with Gasteiger partial charge in [-0.1, -0.05) is 67.4 Å². The van der Waals surface area contributed by atoms with E-state index in [1.807, 2.05) is 84.5 Å². The molecular weight excluding hydrogens is 424 g/mol. The lowest BCUT2D eigenvalue weighted by Crippen LogP contribution is -2.37. The molecule has 3 aromatic carbocycles. The smallest absolute Gasteiger partial charge is 0.295 e. The van der Waals surface area contributed by atoms with Crippen molar-refractivity contribution < 1.29 is 14.7 Å². The van der Waals surface area contributed by atoms with Crippen molar-refractivity contribution >= 4 is 39.1 Å². The lowest BCUT2D eigenvalue weighted by molar-refractivity contribution is -0.141. The largest absolute Gasteiger partial charge is 0.507 e. The molecule has 1 N–H and O–H groups in total. The zero-order valence-corrected chi connectivity index (χ0v) is 19.1. The van der Waals surface area contributed by atoms with Crippen molar-refractivity contribution in [2.45, 2.75) is 37.8 Å². The molecule has 1 amide bonds. The summed E-state index contributed by atoms with van der Waals surface area (Å²) in [4.78, 5) is 28.6. The zero-order valence-electron chi connectivity index (χ0n) is 19.1. The van der Waals surface area contributed by atoms with Crippen LogP contribution in [0.4, 0.5) is 0 Å². The predicted molar refractivity (Wildman–Crippen MR) is 133 cm³/mol. The molecular formula is C29H26N2O3. The molecule has 1 atom stereocenters. The van der Waals surface area contributed by atoms with E-state index < -0.39 is 17.7 Å². The van der Waals surface area contributed by atoms with Crippen LogP contribution < -0.4 is 0 Å². The molecule has 34 heavy (non-hydrogen) atoms. The fourth-order valence-electron chi connectivity index (χ4n) is 5.80. The third-order valence-electron chi connectivity index (χ3n) is 7.44. The third kappa shape index (κ3) is 3.07. The molecule has 0 bridgehead atoms. The van der Waals surface area contributed by atoms with Gasteiger partial charge in [-0.05, 0) is 35.7 Å². The average Bonchev–Trinajstić information content (AvgIpc) is 3.56. The highest BCUT2D eigenvalue weighted by Crippen LogP contribution is 2.45. The molecule has 1 unspecified atom stereocenters. The van der Waals surface area contributed by atoms with Gasteiger partial charge in [0.15, 0.2) is 0 Å². The van der Waals surface area contributed by atoms with Crippen LogP contribution in [0.15, 0.2) is 78.5 Å². The lowest BCUT2D eigenvalue weighted by Gasteiger charge is -2.30. The van der Waals surface area contributed by atoms with E-state index in [9.17, 15) is 14.7 Å². The summed E-state index contributed by atoms with van der Waals surface area (Å²) < 4.78 is 2.02. The number of ketones is 1. The summed E-state index contributed by atoms with van der Waals surface area (Å²) in [6.07, 6.45) is 5.84. The summed E-state index contributed by atoms with van der Waals surface area (Å²) in [5.41, 5.74) is 2.64. The number of aromatic nitrogens is 1. The van der Waals surface area contributed by atoms with E-state index in [2.05, 4.69) is 0 Å². The molecule has 1 aromatic heterocycles. The minimum Gasteiger partial charge on any atom is -0.507 e. The number of aliphatic hydroxyl groups is 1. The van der Waals surface area contributed by atoms with Crippen LogP contribution in [0.3, 0.4) is 0 Å². The van der Waals surface area contributed by atoms with E-state index in [0.717, 1.165) is 52.9 Å². The topological polar surface area (TPSA) is 62.5 Å².